The molecule has 0 saturated heterocycles. The van der Waals surface area contributed by atoms with E-state index in [-0.39, 0.29) is 22.3 Å². The monoisotopic (exact) mass is 411 g/mol. The Balaban J connectivity index is 1.78. The zero-order valence-corrected chi connectivity index (χ0v) is 16.0. The van der Waals surface area contributed by atoms with E-state index < -0.39 is 11.8 Å². The highest BCUT2D eigenvalue weighted by atomic mass is 35.5. The Morgan fingerprint density at radius 1 is 1.12 bits per heavy atom. The summed E-state index contributed by atoms with van der Waals surface area (Å²) in [6, 6.07) is 11.8. The van der Waals surface area contributed by atoms with Gasteiger partial charge in [-0.25, -0.2) is 0 Å². The number of aryl methyl sites for hydroxylation is 1. The van der Waals surface area contributed by atoms with Gasteiger partial charge in [0.25, 0.3) is 11.8 Å². The molecule has 0 atom stereocenters. The average molecular weight is 412 g/mol. The number of hydrogen-bond donors (Lipinski definition) is 3. The lowest BCUT2D eigenvalue weighted by Crippen LogP contribution is -2.49. The molecule has 0 spiro atoms. The highest BCUT2D eigenvalue weighted by Gasteiger charge is 2.12. The Labute approximate surface area is 165 Å². The van der Waals surface area contributed by atoms with E-state index in [0.29, 0.717) is 10.8 Å². The second-order valence-corrected chi connectivity index (χ2v) is 6.39. The third-order valence-electron chi connectivity index (χ3n) is 3.17. The molecule has 0 aliphatic heterocycles. The molecule has 136 valence electrons. The van der Waals surface area contributed by atoms with Gasteiger partial charge in [0, 0.05) is 5.02 Å². The van der Waals surface area contributed by atoms with Gasteiger partial charge in [0.05, 0.1) is 10.6 Å². The van der Waals surface area contributed by atoms with Gasteiger partial charge in [0.2, 0.25) is 0 Å². The van der Waals surface area contributed by atoms with Crippen LogP contribution in [0.3, 0.4) is 0 Å². The molecular weight excluding hydrogens is 397 g/mol. The highest BCUT2D eigenvalue weighted by Crippen LogP contribution is 2.20. The Morgan fingerprint density at radius 3 is 2.54 bits per heavy atom. The average Bonchev–Trinajstić information content (AvgIpc) is 2.59. The number of thiocarbonyl (C=S) groups is 1. The molecule has 0 bridgehead atoms. The van der Waals surface area contributed by atoms with Crippen molar-refractivity contribution in [1.29, 1.82) is 0 Å². The van der Waals surface area contributed by atoms with E-state index in [2.05, 4.69) is 16.2 Å². The number of benzene rings is 2. The fraction of sp³-hybridized carbons (Fsp3) is 0.118. The third kappa shape index (κ3) is 5.87. The first-order chi connectivity index (χ1) is 12.4. The van der Waals surface area contributed by atoms with E-state index >= 15 is 0 Å². The first-order valence-electron chi connectivity index (χ1n) is 7.40. The maximum absolute atomic E-state index is 12.0. The van der Waals surface area contributed by atoms with Crippen LogP contribution in [0, 0.1) is 6.92 Å². The molecule has 0 heterocycles. The van der Waals surface area contributed by atoms with Crippen LogP contribution >= 0.6 is 35.4 Å². The van der Waals surface area contributed by atoms with Gasteiger partial charge in [-0.15, -0.1) is 0 Å². The van der Waals surface area contributed by atoms with E-state index in [4.69, 9.17) is 40.2 Å². The van der Waals surface area contributed by atoms with E-state index in [0.717, 1.165) is 5.56 Å². The molecule has 0 radical (unpaired) electrons. The minimum atomic E-state index is -0.528. The Hall–Kier alpha value is -2.35. The zero-order valence-electron chi connectivity index (χ0n) is 13.6. The van der Waals surface area contributed by atoms with Crippen LogP contribution in [0.15, 0.2) is 42.5 Å². The molecule has 2 aromatic rings. The molecule has 26 heavy (non-hydrogen) atoms. The lowest BCUT2D eigenvalue weighted by Gasteiger charge is -2.12. The highest BCUT2D eigenvalue weighted by molar-refractivity contribution is 7.80. The molecule has 6 nitrogen and oxygen atoms in total. The van der Waals surface area contributed by atoms with Gasteiger partial charge in [0.15, 0.2) is 11.7 Å². The Bertz CT molecular complexity index is 846. The number of hydrazine groups is 1. The summed E-state index contributed by atoms with van der Waals surface area (Å²) < 4.78 is 5.40. The molecule has 0 aromatic heterocycles. The van der Waals surface area contributed by atoms with E-state index in [9.17, 15) is 9.59 Å². The fourth-order valence-electron chi connectivity index (χ4n) is 1.91. The number of hydrogen-bond acceptors (Lipinski definition) is 4. The summed E-state index contributed by atoms with van der Waals surface area (Å²) in [7, 11) is 0. The molecule has 3 N–H and O–H groups in total. The van der Waals surface area contributed by atoms with Crippen molar-refractivity contribution < 1.29 is 14.3 Å². The lowest BCUT2D eigenvalue weighted by molar-refractivity contribution is -0.121. The maximum Gasteiger partial charge on any atom is 0.271 e. The topological polar surface area (TPSA) is 79.5 Å². The van der Waals surface area contributed by atoms with Crippen molar-refractivity contribution in [1.82, 2.24) is 16.2 Å². The first-order valence-corrected chi connectivity index (χ1v) is 8.57. The van der Waals surface area contributed by atoms with Gasteiger partial charge in [-0.3, -0.25) is 25.8 Å². The van der Waals surface area contributed by atoms with Crippen molar-refractivity contribution in [2.75, 3.05) is 6.61 Å². The summed E-state index contributed by atoms with van der Waals surface area (Å²) in [5, 5.41) is 2.91. The van der Waals surface area contributed by atoms with E-state index in [1.54, 1.807) is 6.07 Å². The molecule has 0 saturated carbocycles. The summed E-state index contributed by atoms with van der Waals surface area (Å²) in [4.78, 5) is 23.8. The molecule has 2 aromatic carbocycles. The molecule has 0 fully saturated rings. The van der Waals surface area contributed by atoms with Gasteiger partial charge in [-0.1, -0.05) is 41.4 Å². The second-order valence-electron chi connectivity index (χ2n) is 5.13. The number of ether oxygens (including phenoxy) is 1. The second kappa shape index (κ2) is 9.38. The van der Waals surface area contributed by atoms with Gasteiger partial charge < -0.3 is 4.74 Å². The Kier molecular flexibility index (Phi) is 7.20. The minimum absolute atomic E-state index is 0.0816. The standard InChI is InChI=1S/C17H15Cl2N3O3S/c1-10-4-2-3-5-14(10)25-9-15(23)20-17(26)22-21-16(24)12-7-6-11(18)8-13(12)19/h2-8H,9H2,1H3,(H,21,24)(H2,20,22,23,26). The molecule has 0 aliphatic carbocycles. The number of amides is 2. The predicted molar refractivity (Wildman–Crippen MR) is 104 cm³/mol. The van der Waals surface area contributed by atoms with Crippen LogP contribution in [-0.4, -0.2) is 23.5 Å². The van der Waals surface area contributed by atoms with Crippen molar-refractivity contribution in [3.8, 4) is 5.75 Å². The summed E-state index contributed by atoms with van der Waals surface area (Å²) in [6.07, 6.45) is 0. The van der Waals surface area contributed by atoms with Crippen molar-refractivity contribution in [3.63, 3.8) is 0 Å². The largest absolute Gasteiger partial charge is 0.483 e. The number of carbonyl (C=O) groups is 2. The summed E-state index contributed by atoms with van der Waals surface area (Å²) >= 11 is 16.7. The summed E-state index contributed by atoms with van der Waals surface area (Å²) in [5.41, 5.74) is 5.87. The quantitative estimate of drug-likeness (QED) is 0.532. The van der Waals surface area contributed by atoms with Gasteiger partial charge in [-0.05, 0) is 49.0 Å². The molecule has 9 heteroatoms. The van der Waals surface area contributed by atoms with Crippen LogP contribution in [0.4, 0.5) is 0 Å². The van der Waals surface area contributed by atoms with E-state index in [1.165, 1.54) is 18.2 Å². The van der Waals surface area contributed by atoms with Crippen LogP contribution < -0.4 is 20.9 Å². The molecular formula is C17H15Cl2N3O3S. The summed E-state index contributed by atoms with van der Waals surface area (Å²) in [6.45, 7) is 1.65. The fourth-order valence-corrected chi connectivity index (χ4v) is 2.57. The molecule has 2 amide bonds. The van der Waals surface area contributed by atoms with Crippen molar-refractivity contribution in [3.05, 3.63) is 63.6 Å². The zero-order chi connectivity index (χ0) is 19.1. The number of halogens is 2. The SMILES string of the molecule is Cc1ccccc1OCC(=O)NC(=S)NNC(=O)c1ccc(Cl)cc1Cl. The minimum Gasteiger partial charge on any atom is -0.483 e. The molecule has 2 rings (SSSR count). The number of nitrogens with one attached hydrogen (secondary N) is 3. The third-order valence-corrected chi connectivity index (χ3v) is 3.92. The van der Waals surface area contributed by atoms with Crippen LogP contribution in [0.5, 0.6) is 5.75 Å². The van der Waals surface area contributed by atoms with Crippen LogP contribution in [0.25, 0.3) is 0 Å². The van der Waals surface area contributed by atoms with Crippen LogP contribution in [0.2, 0.25) is 10.0 Å². The number of para-hydroxylation sites is 1. The van der Waals surface area contributed by atoms with Crippen LogP contribution in [0.1, 0.15) is 15.9 Å². The van der Waals surface area contributed by atoms with Gasteiger partial charge in [-0.2, -0.15) is 0 Å². The normalized spacial score (nSPS) is 9.96. The molecule has 0 unspecified atom stereocenters. The smallest absolute Gasteiger partial charge is 0.271 e. The predicted octanol–water partition coefficient (Wildman–Crippen LogP) is 3.02. The van der Waals surface area contributed by atoms with Crippen LogP contribution in [-0.2, 0) is 4.79 Å². The summed E-state index contributed by atoms with van der Waals surface area (Å²) in [5.74, 6) is -0.392. The Morgan fingerprint density at radius 2 is 1.85 bits per heavy atom. The van der Waals surface area contributed by atoms with Crippen molar-refractivity contribution in [2.24, 2.45) is 0 Å². The number of rotatable bonds is 4. The van der Waals surface area contributed by atoms with Gasteiger partial charge >= 0.3 is 0 Å². The lowest BCUT2D eigenvalue weighted by atomic mass is 10.2. The number of carbonyl (C=O) groups excluding carboxylic acids is 2. The van der Waals surface area contributed by atoms with Crippen molar-refractivity contribution in [2.45, 2.75) is 6.92 Å². The molecule has 0 aliphatic rings. The van der Waals surface area contributed by atoms with Crippen molar-refractivity contribution >= 4 is 52.3 Å². The van der Waals surface area contributed by atoms with Gasteiger partial charge in [0.1, 0.15) is 5.75 Å². The first kappa shape index (κ1) is 20.0. The maximum atomic E-state index is 12.0. The van der Waals surface area contributed by atoms with E-state index in [1.807, 2.05) is 25.1 Å².